The smallest absolute Gasteiger partial charge is 0.317 e. The van der Waals surface area contributed by atoms with Crippen LogP contribution in [0.5, 0.6) is 5.75 Å². The van der Waals surface area contributed by atoms with Crippen molar-refractivity contribution in [1.29, 1.82) is 0 Å². The number of likely N-dealkylation sites (N-methyl/N-ethyl adjacent to an activating group) is 1. The number of fused-ring (bicyclic) bond motifs is 2. The maximum Gasteiger partial charge on any atom is 0.317 e. The molecule has 0 saturated carbocycles. The van der Waals surface area contributed by atoms with Crippen LogP contribution in [-0.4, -0.2) is 58.4 Å². The summed E-state index contributed by atoms with van der Waals surface area (Å²) in [6.45, 7) is 6.29. The lowest BCUT2D eigenvalue weighted by Gasteiger charge is -2.27. The van der Waals surface area contributed by atoms with E-state index in [2.05, 4.69) is 35.5 Å². The van der Waals surface area contributed by atoms with Crippen LogP contribution in [0.3, 0.4) is 0 Å². The number of carbonyl (C=O) groups is 1. The van der Waals surface area contributed by atoms with Crippen LogP contribution in [0.15, 0.2) is 30.3 Å². The molecule has 7 nitrogen and oxygen atoms in total. The molecule has 144 valence electrons. The van der Waals surface area contributed by atoms with Gasteiger partial charge in [-0.25, -0.2) is 4.79 Å². The summed E-state index contributed by atoms with van der Waals surface area (Å²) in [5.41, 5.74) is 3.43. The average Bonchev–Trinajstić information content (AvgIpc) is 3.23. The summed E-state index contributed by atoms with van der Waals surface area (Å²) in [5, 5.41) is 7.59. The van der Waals surface area contributed by atoms with Gasteiger partial charge in [0.25, 0.3) is 0 Å². The van der Waals surface area contributed by atoms with Crippen molar-refractivity contribution in [3.8, 4) is 5.75 Å². The van der Waals surface area contributed by atoms with Crippen molar-refractivity contribution in [3.05, 3.63) is 47.3 Å². The van der Waals surface area contributed by atoms with Gasteiger partial charge in [-0.15, -0.1) is 0 Å². The molecule has 27 heavy (non-hydrogen) atoms. The Kier molecular flexibility index (Phi) is 5.03. The highest BCUT2D eigenvalue weighted by Crippen LogP contribution is 2.28. The number of carbonyl (C=O) groups excluding carboxylic acids is 1. The first-order valence-electron chi connectivity index (χ1n) is 9.64. The van der Waals surface area contributed by atoms with Crippen LogP contribution in [0.4, 0.5) is 4.79 Å². The number of rotatable bonds is 5. The molecular weight excluding hydrogens is 342 g/mol. The third-order valence-corrected chi connectivity index (χ3v) is 5.12. The third-order valence-electron chi connectivity index (χ3n) is 5.12. The largest absolute Gasteiger partial charge is 0.488 e. The lowest BCUT2D eigenvalue weighted by molar-refractivity contribution is 0.164. The summed E-state index contributed by atoms with van der Waals surface area (Å²) >= 11 is 0. The van der Waals surface area contributed by atoms with Crippen LogP contribution in [0.25, 0.3) is 0 Å². The van der Waals surface area contributed by atoms with E-state index < -0.39 is 0 Å². The van der Waals surface area contributed by atoms with E-state index in [1.165, 1.54) is 5.56 Å². The summed E-state index contributed by atoms with van der Waals surface area (Å²) in [4.78, 5) is 16.1. The molecule has 0 saturated heterocycles. The first-order valence-corrected chi connectivity index (χ1v) is 9.64. The van der Waals surface area contributed by atoms with Crippen LogP contribution in [0, 0.1) is 0 Å². The first-order chi connectivity index (χ1) is 13.1. The van der Waals surface area contributed by atoms with Gasteiger partial charge in [0.2, 0.25) is 0 Å². The fourth-order valence-electron chi connectivity index (χ4n) is 3.88. The summed E-state index contributed by atoms with van der Waals surface area (Å²) in [7, 11) is 2.10. The highest BCUT2D eigenvalue weighted by molar-refractivity contribution is 5.74. The van der Waals surface area contributed by atoms with Gasteiger partial charge in [0.1, 0.15) is 11.9 Å². The molecule has 0 spiro atoms. The van der Waals surface area contributed by atoms with Gasteiger partial charge in [0, 0.05) is 32.6 Å². The van der Waals surface area contributed by atoms with Crippen molar-refractivity contribution in [1.82, 2.24) is 24.9 Å². The van der Waals surface area contributed by atoms with Crippen LogP contribution in [0.2, 0.25) is 0 Å². The second kappa shape index (κ2) is 7.60. The predicted octanol–water partition coefficient (Wildman–Crippen LogP) is 1.86. The zero-order valence-corrected chi connectivity index (χ0v) is 16.0. The van der Waals surface area contributed by atoms with Gasteiger partial charge in [-0.1, -0.05) is 18.2 Å². The van der Waals surface area contributed by atoms with Gasteiger partial charge in [0.05, 0.1) is 24.5 Å². The van der Waals surface area contributed by atoms with Crippen molar-refractivity contribution in [2.45, 2.75) is 39.1 Å². The van der Waals surface area contributed by atoms with Gasteiger partial charge < -0.3 is 15.0 Å². The lowest BCUT2D eigenvalue weighted by atomic mass is 10.1. The number of aromatic nitrogens is 2. The monoisotopic (exact) mass is 369 g/mol. The fraction of sp³-hybridized carbons (Fsp3) is 0.500. The van der Waals surface area contributed by atoms with Gasteiger partial charge >= 0.3 is 6.03 Å². The molecule has 2 aliphatic heterocycles. The summed E-state index contributed by atoms with van der Waals surface area (Å²) in [6.07, 6.45) is 1.15. The summed E-state index contributed by atoms with van der Waals surface area (Å²) in [5.74, 6) is 1.01. The molecule has 0 fully saturated rings. The molecule has 2 aliphatic rings. The van der Waals surface area contributed by atoms with Crippen LogP contribution < -0.4 is 10.1 Å². The minimum atomic E-state index is 0.00145. The number of urea groups is 1. The van der Waals surface area contributed by atoms with Gasteiger partial charge in [0.15, 0.2) is 0 Å². The SMILES string of the molecule is CCNC(=O)N1CCn2nc(CN(C)CC3Cc4ccccc4O3)cc2C1. The molecule has 1 aromatic carbocycles. The number of nitrogens with one attached hydrogen (secondary N) is 1. The van der Waals surface area contributed by atoms with Crippen molar-refractivity contribution in [2.24, 2.45) is 0 Å². The minimum Gasteiger partial charge on any atom is -0.488 e. The van der Waals surface area contributed by atoms with Crippen molar-refractivity contribution < 1.29 is 9.53 Å². The van der Waals surface area contributed by atoms with E-state index in [1.807, 2.05) is 28.6 Å². The molecule has 1 unspecified atom stereocenters. The molecule has 1 atom stereocenters. The molecule has 4 rings (SSSR count). The second-order valence-electron chi connectivity index (χ2n) is 7.36. The Balaban J connectivity index is 1.32. The third kappa shape index (κ3) is 3.93. The topological polar surface area (TPSA) is 62.6 Å². The summed E-state index contributed by atoms with van der Waals surface area (Å²) < 4.78 is 8.07. The van der Waals surface area contributed by atoms with Gasteiger partial charge in [-0.05, 0) is 31.7 Å². The van der Waals surface area contributed by atoms with Crippen molar-refractivity contribution in [2.75, 3.05) is 26.7 Å². The Morgan fingerprint density at radius 2 is 2.22 bits per heavy atom. The van der Waals surface area contributed by atoms with Crippen LogP contribution >= 0.6 is 0 Å². The number of nitrogens with zero attached hydrogens (tertiary/aromatic N) is 4. The van der Waals surface area contributed by atoms with E-state index in [0.717, 1.165) is 43.2 Å². The Labute approximate surface area is 159 Å². The molecule has 1 aromatic heterocycles. The summed E-state index contributed by atoms with van der Waals surface area (Å²) in [6, 6.07) is 10.4. The molecule has 7 heteroatoms. The fourth-order valence-corrected chi connectivity index (χ4v) is 3.88. The van der Waals surface area contributed by atoms with Crippen molar-refractivity contribution in [3.63, 3.8) is 0 Å². The zero-order valence-electron chi connectivity index (χ0n) is 16.0. The van der Waals surface area contributed by atoms with E-state index in [-0.39, 0.29) is 12.1 Å². The molecule has 0 bridgehead atoms. The Morgan fingerprint density at radius 1 is 1.37 bits per heavy atom. The van der Waals surface area contributed by atoms with E-state index in [1.54, 1.807) is 0 Å². The van der Waals surface area contributed by atoms with Crippen LogP contribution in [-0.2, 0) is 26.1 Å². The van der Waals surface area contributed by atoms with E-state index in [9.17, 15) is 4.79 Å². The molecular formula is C20H27N5O2. The van der Waals surface area contributed by atoms with Gasteiger partial charge in [-0.2, -0.15) is 5.10 Å². The number of amides is 2. The second-order valence-corrected chi connectivity index (χ2v) is 7.36. The maximum absolute atomic E-state index is 12.0. The molecule has 2 amide bonds. The standard InChI is InChI=1S/C20H27N5O2/c1-3-21-20(26)24-8-9-25-17(13-24)11-16(22-25)12-23(2)14-18-10-15-6-4-5-7-19(15)27-18/h4-7,11,18H,3,8-10,12-14H2,1-2H3,(H,21,26). The molecule has 1 N–H and O–H groups in total. The van der Waals surface area contributed by atoms with Crippen molar-refractivity contribution >= 4 is 6.03 Å². The Morgan fingerprint density at radius 3 is 3.04 bits per heavy atom. The van der Waals surface area contributed by atoms with Crippen LogP contribution in [0.1, 0.15) is 23.9 Å². The molecule has 2 aromatic rings. The number of hydrogen-bond donors (Lipinski definition) is 1. The quantitative estimate of drug-likeness (QED) is 0.874. The maximum atomic E-state index is 12.0. The molecule has 0 radical (unpaired) electrons. The Bertz CT molecular complexity index is 793. The van der Waals surface area contributed by atoms with E-state index in [4.69, 9.17) is 9.84 Å². The number of para-hydroxylation sites is 1. The first kappa shape index (κ1) is 17.9. The van der Waals surface area contributed by atoms with E-state index >= 15 is 0 Å². The number of hydrogen-bond acceptors (Lipinski definition) is 4. The Hall–Kier alpha value is -2.54. The number of benzene rings is 1. The zero-order chi connectivity index (χ0) is 18.8. The van der Waals surface area contributed by atoms with E-state index in [0.29, 0.717) is 19.6 Å². The average molecular weight is 369 g/mol. The highest BCUT2D eigenvalue weighted by Gasteiger charge is 2.25. The lowest BCUT2D eigenvalue weighted by Crippen LogP contribution is -2.44. The predicted molar refractivity (Wildman–Crippen MR) is 103 cm³/mol. The highest BCUT2D eigenvalue weighted by atomic mass is 16.5. The number of ether oxygens (including phenoxy) is 1. The molecule has 3 heterocycles. The van der Waals surface area contributed by atoms with Gasteiger partial charge in [-0.3, -0.25) is 9.58 Å². The molecule has 0 aliphatic carbocycles. The minimum absolute atomic E-state index is 0.00145. The normalized spacial score (nSPS) is 18.2.